The van der Waals surface area contributed by atoms with Crippen LogP contribution in [0.5, 0.6) is 11.5 Å². The van der Waals surface area contributed by atoms with Gasteiger partial charge in [0.15, 0.2) is 11.5 Å². The summed E-state index contributed by atoms with van der Waals surface area (Å²) in [5, 5.41) is 3.22. The first-order valence-corrected chi connectivity index (χ1v) is 7.27. The predicted octanol–water partition coefficient (Wildman–Crippen LogP) is 2.92. The smallest absolute Gasteiger partial charge is 0.161 e. The molecule has 20 heavy (non-hydrogen) atoms. The zero-order chi connectivity index (χ0) is 14.5. The van der Waals surface area contributed by atoms with Crippen molar-refractivity contribution in [3.8, 4) is 11.5 Å². The lowest BCUT2D eigenvalue weighted by molar-refractivity contribution is 0.0259. The summed E-state index contributed by atoms with van der Waals surface area (Å²) in [6.07, 6.45) is 2.73. The van der Waals surface area contributed by atoms with Gasteiger partial charge in [-0.25, -0.2) is 0 Å². The normalized spacial score (nSPS) is 23.6. The Labute approximate surface area is 121 Å². The number of ether oxygens (including phenoxy) is 3. The predicted molar refractivity (Wildman–Crippen MR) is 79.5 cm³/mol. The molecule has 1 fully saturated rings. The van der Waals surface area contributed by atoms with E-state index >= 15 is 0 Å². The Balaban J connectivity index is 2.00. The van der Waals surface area contributed by atoms with E-state index in [2.05, 4.69) is 25.2 Å². The second kappa shape index (κ2) is 6.95. The van der Waals surface area contributed by atoms with Gasteiger partial charge in [-0.05, 0) is 51.4 Å². The maximum Gasteiger partial charge on any atom is 0.161 e. The summed E-state index contributed by atoms with van der Waals surface area (Å²) in [6, 6.07) is 6.35. The number of hydrogen-bond donors (Lipinski definition) is 1. The Morgan fingerprint density at radius 2 is 2.15 bits per heavy atom. The molecule has 1 N–H and O–H groups in total. The summed E-state index contributed by atoms with van der Waals surface area (Å²) in [5.41, 5.74) is 1.18. The van der Waals surface area contributed by atoms with Gasteiger partial charge >= 0.3 is 0 Å². The van der Waals surface area contributed by atoms with E-state index < -0.39 is 0 Å². The minimum atomic E-state index is 0.200. The van der Waals surface area contributed by atoms with Gasteiger partial charge in [-0.2, -0.15) is 0 Å². The maximum absolute atomic E-state index is 5.86. The molecule has 1 heterocycles. The van der Waals surface area contributed by atoms with E-state index in [1.165, 1.54) is 5.56 Å². The van der Waals surface area contributed by atoms with Crippen LogP contribution in [0, 0.1) is 0 Å². The van der Waals surface area contributed by atoms with Gasteiger partial charge in [-0.1, -0.05) is 6.07 Å². The minimum absolute atomic E-state index is 0.200. The molecule has 0 bridgehead atoms. The van der Waals surface area contributed by atoms with Crippen molar-refractivity contribution < 1.29 is 14.2 Å². The van der Waals surface area contributed by atoms with Crippen LogP contribution in [-0.2, 0) is 4.74 Å². The summed E-state index contributed by atoms with van der Waals surface area (Å²) in [5.74, 6) is 1.55. The molecule has 0 aromatic heterocycles. The highest BCUT2D eigenvalue weighted by molar-refractivity contribution is 5.43. The molecule has 3 unspecified atom stereocenters. The molecular formula is C16H25NO3. The minimum Gasteiger partial charge on any atom is -0.493 e. The van der Waals surface area contributed by atoms with Crippen LogP contribution >= 0.6 is 0 Å². The molecule has 1 aliphatic heterocycles. The Bertz CT molecular complexity index is 436. The fourth-order valence-electron chi connectivity index (χ4n) is 2.43. The van der Waals surface area contributed by atoms with Gasteiger partial charge in [0, 0.05) is 6.04 Å². The molecule has 4 nitrogen and oxygen atoms in total. The van der Waals surface area contributed by atoms with Crippen LogP contribution in [0.4, 0.5) is 0 Å². The second-order valence-corrected chi connectivity index (χ2v) is 5.38. The van der Waals surface area contributed by atoms with E-state index in [-0.39, 0.29) is 12.1 Å². The highest BCUT2D eigenvalue weighted by Gasteiger charge is 2.22. The number of rotatable bonds is 6. The topological polar surface area (TPSA) is 39.7 Å². The van der Waals surface area contributed by atoms with Crippen LogP contribution in [-0.4, -0.2) is 33.0 Å². The molecule has 0 amide bonds. The molecule has 4 heteroatoms. The second-order valence-electron chi connectivity index (χ2n) is 5.38. The van der Waals surface area contributed by atoms with E-state index in [4.69, 9.17) is 14.2 Å². The summed E-state index contributed by atoms with van der Waals surface area (Å²) in [6.45, 7) is 4.80. The van der Waals surface area contributed by atoms with Crippen LogP contribution in [0.3, 0.4) is 0 Å². The van der Waals surface area contributed by atoms with Crippen LogP contribution in [0.2, 0.25) is 0 Å². The number of benzene rings is 1. The van der Waals surface area contributed by atoms with Crippen molar-refractivity contribution in [1.29, 1.82) is 0 Å². The van der Waals surface area contributed by atoms with Gasteiger partial charge in [0.05, 0.1) is 19.3 Å². The van der Waals surface area contributed by atoms with Gasteiger partial charge in [-0.3, -0.25) is 0 Å². The molecule has 2 rings (SSSR count). The van der Waals surface area contributed by atoms with Crippen molar-refractivity contribution in [3.05, 3.63) is 23.8 Å². The van der Waals surface area contributed by atoms with Crippen molar-refractivity contribution in [2.75, 3.05) is 20.8 Å². The lowest BCUT2D eigenvalue weighted by Gasteiger charge is -2.17. The average Bonchev–Trinajstić information content (AvgIpc) is 2.89. The summed E-state index contributed by atoms with van der Waals surface area (Å²) in [7, 11) is 3.62. The Morgan fingerprint density at radius 1 is 1.35 bits per heavy atom. The van der Waals surface area contributed by atoms with E-state index in [1.807, 2.05) is 19.2 Å². The molecule has 0 aliphatic carbocycles. The highest BCUT2D eigenvalue weighted by atomic mass is 16.6. The molecule has 0 saturated carbocycles. The van der Waals surface area contributed by atoms with Crippen molar-refractivity contribution in [3.63, 3.8) is 0 Å². The molecule has 1 aliphatic rings. The van der Waals surface area contributed by atoms with Crippen LogP contribution < -0.4 is 14.8 Å². The van der Waals surface area contributed by atoms with Crippen molar-refractivity contribution in [1.82, 2.24) is 5.32 Å². The average molecular weight is 279 g/mol. The Kier molecular flexibility index (Phi) is 5.26. The molecule has 0 spiro atoms. The Morgan fingerprint density at radius 3 is 2.75 bits per heavy atom. The van der Waals surface area contributed by atoms with Crippen LogP contribution in [0.15, 0.2) is 18.2 Å². The molecule has 3 atom stereocenters. The standard InChI is InChI=1S/C16H25NO3/c1-11-5-7-14(20-11)10-19-15-8-6-13(12(2)17-3)9-16(15)18-4/h6,8-9,11-12,14,17H,5,7,10H2,1-4H3. The number of nitrogens with one attached hydrogen (secondary N) is 1. The lowest BCUT2D eigenvalue weighted by atomic mass is 10.1. The van der Waals surface area contributed by atoms with Crippen LogP contribution in [0.1, 0.15) is 38.3 Å². The fraction of sp³-hybridized carbons (Fsp3) is 0.625. The fourth-order valence-corrected chi connectivity index (χ4v) is 2.43. The van der Waals surface area contributed by atoms with E-state index in [9.17, 15) is 0 Å². The quantitative estimate of drug-likeness (QED) is 0.869. The zero-order valence-electron chi connectivity index (χ0n) is 12.8. The van der Waals surface area contributed by atoms with Gasteiger partial charge in [0.1, 0.15) is 6.61 Å². The number of hydrogen-bond acceptors (Lipinski definition) is 4. The summed E-state index contributed by atoms with van der Waals surface area (Å²) in [4.78, 5) is 0. The highest BCUT2D eigenvalue weighted by Crippen LogP contribution is 2.31. The van der Waals surface area contributed by atoms with Crippen LogP contribution in [0.25, 0.3) is 0 Å². The summed E-state index contributed by atoms with van der Waals surface area (Å²) >= 11 is 0. The van der Waals surface area contributed by atoms with Gasteiger partial charge < -0.3 is 19.5 Å². The van der Waals surface area contributed by atoms with Gasteiger partial charge in [-0.15, -0.1) is 0 Å². The first-order chi connectivity index (χ1) is 9.63. The van der Waals surface area contributed by atoms with E-state index in [1.54, 1.807) is 7.11 Å². The third-order valence-corrected chi connectivity index (χ3v) is 3.87. The van der Waals surface area contributed by atoms with Crippen molar-refractivity contribution >= 4 is 0 Å². The molecule has 0 radical (unpaired) electrons. The van der Waals surface area contributed by atoms with Gasteiger partial charge in [0.25, 0.3) is 0 Å². The summed E-state index contributed by atoms with van der Waals surface area (Å²) < 4.78 is 17.0. The third kappa shape index (κ3) is 3.64. The monoisotopic (exact) mass is 279 g/mol. The zero-order valence-corrected chi connectivity index (χ0v) is 12.8. The first-order valence-electron chi connectivity index (χ1n) is 7.27. The lowest BCUT2D eigenvalue weighted by Crippen LogP contribution is -2.18. The first kappa shape index (κ1) is 15.1. The molecular weight excluding hydrogens is 254 g/mol. The number of methoxy groups -OCH3 is 1. The molecule has 1 aromatic rings. The van der Waals surface area contributed by atoms with E-state index in [0.717, 1.165) is 24.3 Å². The molecule has 112 valence electrons. The van der Waals surface area contributed by atoms with E-state index in [0.29, 0.717) is 12.7 Å². The Hall–Kier alpha value is -1.26. The largest absolute Gasteiger partial charge is 0.493 e. The maximum atomic E-state index is 5.86. The SMILES string of the molecule is CNC(C)c1ccc(OCC2CCC(C)O2)c(OC)c1. The third-order valence-electron chi connectivity index (χ3n) is 3.87. The van der Waals surface area contributed by atoms with Gasteiger partial charge in [0.2, 0.25) is 0 Å². The van der Waals surface area contributed by atoms with Crippen molar-refractivity contribution in [2.24, 2.45) is 0 Å². The molecule has 1 aromatic carbocycles. The molecule has 1 saturated heterocycles. The van der Waals surface area contributed by atoms with Crippen molar-refractivity contribution in [2.45, 2.75) is 44.9 Å².